The van der Waals surface area contributed by atoms with Gasteiger partial charge in [0, 0.05) is 13.5 Å². The highest BCUT2D eigenvalue weighted by Gasteiger charge is 2.05. The van der Waals surface area contributed by atoms with Crippen LogP contribution in [-0.2, 0) is 24.7 Å². The first-order valence-electron chi connectivity index (χ1n) is 6.41. The van der Waals surface area contributed by atoms with Crippen molar-refractivity contribution in [3.63, 3.8) is 0 Å². The number of carbonyl (C=O) groups is 1. The Morgan fingerprint density at radius 2 is 1.95 bits per heavy atom. The zero-order chi connectivity index (χ0) is 13.7. The topological polar surface area (TPSA) is 59.8 Å². The largest absolute Gasteiger partial charge is 0.308 e. The monoisotopic (exact) mass is 258 g/mol. The van der Waals surface area contributed by atoms with Crippen LogP contribution >= 0.6 is 0 Å². The molecule has 0 aliphatic carbocycles. The smallest absolute Gasteiger partial charge is 0.225 e. The van der Waals surface area contributed by atoms with Gasteiger partial charge in [0.1, 0.15) is 0 Å². The molecule has 1 amide bonds. The fourth-order valence-corrected chi connectivity index (χ4v) is 1.81. The molecule has 0 spiro atoms. The van der Waals surface area contributed by atoms with Crippen LogP contribution in [0.1, 0.15) is 24.5 Å². The summed E-state index contributed by atoms with van der Waals surface area (Å²) in [6.07, 6.45) is 3.89. The van der Waals surface area contributed by atoms with Gasteiger partial charge in [-0.25, -0.2) is 0 Å². The number of hydrogen-bond donors (Lipinski definition) is 1. The summed E-state index contributed by atoms with van der Waals surface area (Å²) in [5.41, 5.74) is 2.49. The molecular weight excluding hydrogens is 240 g/mol. The Morgan fingerprint density at radius 1 is 1.26 bits per heavy atom. The Balaban J connectivity index is 1.82. The summed E-state index contributed by atoms with van der Waals surface area (Å²) in [7, 11) is 1.76. The number of aromatic nitrogens is 3. The number of rotatable bonds is 5. The summed E-state index contributed by atoms with van der Waals surface area (Å²) in [6.45, 7) is 2.13. The quantitative estimate of drug-likeness (QED) is 0.891. The Labute approximate surface area is 112 Å². The van der Waals surface area contributed by atoms with Gasteiger partial charge < -0.3 is 5.32 Å². The van der Waals surface area contributed by atoms with Crippen LogP contribution in [0.25, 0.3) is 0 Å². The number of benzene rings is 1. The van der Waals surface area contributed by atoms with E-state index in [0.717, 1.165) is 12.8 Å². The van der Waals surface area contributed by atoms with Gasteiger partial charge in [-0.3, -0.25) is 9.48 Å². The SMILES string of the molecule is CCc1ccc(CCC(=O)Nc2cn(C)nn2)cc1. The molecule has 100 valence electrons. The van der Waals surface area contributed by atoms with Gasteiger partial charge in [0.2, 0.25) is 5.91 Å². The molecule has 0 radical (unpaired) electrons. The maximum atomic E-state index is 11.7. The highest BCUT2D eigenvalue weighted by molar-refractivity contribution is 5.89. The summed E-state index contributed by atoms with van der Waals surface area (Å²) in [4.78, 5) is 11.7. The molecule has 0 fully saturated rings. The zero-order valence-corrected chi connectivity index (χ0v) is 11.3. The van der Waals surface area contributed by atoms with Crippen LogP contribution in [-0.4, -0.2) is 20.9 Å². The third kappa shape index (κ3) is 3.91. The highest BCUT2D eigenvalue weighted by Crippen LogP contribution is 2.08. The fraction of sp³-hybridized carbons (Fsp3) is 0.357. The van der Waals surface area contributed by atoms with Crippen LogP contribution in [0.4, 0.5) is 5.82 Å². The van der Waals surface area contributed by atoms with E-state index in [1.165, 1.54) is 11.1 Å². The first-order chi connectivity index (χ1) is 9.17. The first-order valence-corrected chi connectivity index (χ1v) is 6.41. The lowest BCUT2D eigenvalue weighted by Gasteiger charge is -2.03. The number of aryl methyl sites for hydroxylation is 3. The summed E-state index contributed by atoms with van der Waals surface area (Å²) in [5.74, 6) is 0.453. The first kappa shape index (κ1) is 13.3. The maximum Gasteiger partial charge on any atom is 0.225 e. The van der Waals surface area contributed by atoms with Crippen molar-refractivity contribution in [2.45, 2.75) is 26.2 Å². The van der Waals surface area contributed by atoms with Crippen LogP contribution < -0.4 is 5.32 Å². The van der Waals surface area contributed by atoms with E-state index in [-0.39, 0.29) is 5.91 Å². The predicted molar refractivity (Wildman–Crippen MR) is 73.8 cm³/mol. The summed E-state index contributed by atoms with van der Waals surface area (Å²) in [5, 5.41) is 10.3. The van der Waals surface area contributed by atoms with Crippen LogP contribution in [0.2, 0.25) is 0 Å². The Morgan fingerprint density at radius 3 is 2.53 bits per heavy atom. The molecule has 1 heterocycles. The van der Waals surface area contributed by atoms with E-state index < -0.39 is 0 Å². The molecule has 0 unspecified atom stereocenters. The van der Waals surface area contributed by atoms with E-state index in [2.05, 4.69) is 46.8 Å². The minimum atomic E-state index is -0.0416. The molecule has 0 aliphatic heterocycles. The molecule has 0 atom stereocenters. The van der Waals surface area contributed by atoms with Crippen molar-refractivity contribution in [3.05, 3.63) is 41.6 Å². The number of anilines is 1. The van der Waals surface area contributed by atoms with Crippen molar-refractivity contribution < 1.29 is 4.79 Å². The molecule has 0 bridgehead atoms. The van der Waals surface area contributed by atoms with Crippen molar-refractivity contribution in [1.29, 1.82) is 0 Å². The normalized spacial score (nSPS) is 10.4. The van der Waals surface area contributed by atoms with Crippen molar-refractivity contribution in [3.8, 4) is 0 Å². The third-order valence-corrected chi connectivity index (χ3v) is 2.94. The minimum absolute atomic E-state index is 0.0416. The Hall–Kier alpha value is -2.17. The van der Waals surface area contributed by atoms with E-state index in [1.807, 2.05) is 0 Å². The fourth-order valence-electron chi connectivity index (χ4n) is 1.81. The third-order valence-electron chi connectivity index (χ3n) is 2.94. The van der Waals surface area contributed by atoms with Crippen LogP contribution in [0.3, 0.4) is 0 Å². The molecule has 1 aromatic carbocycles. The van der Waals surface area contributed by atoms with Gasteiger partial charge in [-0.1, -0.05) is 36.4 Å². The van der Waals surface area contributed by atoms with Crippen molar-refractivity contribution in [2.75, 3.05) is 5.32 Å². The van der Waals surface area contributed by atoms with Crippen molar-refractivity contribution in [1.82, 2.24) is 15.0 Å². The molecule has 2 aromatic rings. The van der Waals surface area contributed by atoms with Crippen molar-refractivity contribution in [2.24, 2.45) is 7.05 Å². The lowest BCUT2D eigenvalue weighted by molar-refractivity contribution is -0.116. The second kappa shape index (κ2) is 6.13. The molecular formula is C14H18N4O. The number of hydrogen-bond acceptors (Lipinski definition) is 3. The van der Waals surface area contributed by atoms with Gasteiger partial charge in [-0.15, -0.1) is 5.10 Å². The lowest BCUT2D eigenvalue weighted by Crippen LogP contribution is -2.12. The van der Waals surface area contributed by atoms with E-state index in [1.54, 1.807) is 17.9 Å². The zero-order valence-electron chi connectivity index (χ0n) is 11.3. The second-order valence-corrected chi connectivity index (χ2v) is 4.50. The van der Waals surface area contributed by atoms with Gasteiger partial charge in [0.25, 0.3) is 0 Å². The van der Waals surface area contributed by atoms with Gasteiger partial charge in [0.15, 0.2) is 5.82 Å². The molecule has 1 N–H and O–H groups in total. The van der Waals surface area contributed by atoms with Gasteiger partial charge in [-0.05, 0) is 24.0 Å². The van der Waals surface area contributed by atoms with Gasteiger partial charge in [0.05, 0.1) is 6.20 Å². The molecule has 0 aliphatic rings. The number of carbonyl (C=O) groups excluding carboxylic acids is 1. The highest BCUT2D eigenvalue weighted by atomic mass is 16.1. The van der Waals surface area contributed by atoms with Gasteiger partial charge >= 0.3 is 0 Å². The summed E-state index contributed by atoms with van der Waals surface area (Å²) in [6, 6.07) is 8.37. The van der Waals surface area contributed by atoms with Crippen LogP contribution in [0.5, 0.6) is 0 Å². The Kier molecular flexibility index (Phi) is 4.28. The molecule has 0 saturated heterocycles. The standard InChI is InChI=1S/C14H18N4O/c1-3-11-4-6-12(7-5-11)8-9-14(19)15-13-10-18(2)17-16-13/h4-7,10H,3,8-9H2,1-2H3,(H,15,19). The maximum absolute atomic E-state index is 11.7. The van der Waals surface area contributed by atoms with Crippen molar-refractivity contribution >= 4 is 11.7 Å². The van der Waals surface area contributed by atoms with E-state index in [9.17, 15) is 4.79 Å². The average molecular weight is 258 g/mol. The molecule has 19 heavy (non-hydrogen) atoms. The number of nitrogens with zero attached hydrogens (tertiary/aromatic N) is 3. The molecule has 5 heteroatoms. The molecule has 0 saturated carbocycles. The number of amides is 1. The molecule has 2 rings (SSSR count). The Bertz CT molecular complexity index is 545. The number of nitrogens with one attached hydrogen (secondary N) is 1. The minimum Gasteiger partial charge on any atom is -0.308 e. The lowest BCUT2D eigenvalue weighted by atomic mass is 10.1. The van der Waals surface area contributed by atoms with E-state index in [4.69, 9.17) is 0 Å². The van der Waals surface area contributed by atoms with Gasteiger partial charge in [-0.2, -0.15) is 0 Å². The van der Waals surface area contributed by atoms with Crippen LogP contribution in [0.15, 0.2) is 30.5 Å². The predicted octanol–water partition coefficient (Wildman–Crippen LogP) is 1.95. The second-order valence-electron chi connectivity index (χ2n) is 4.50. The summed E-state index contributed by atoms with van der Waals surface area (Å²) < 4.78 is 1.55. The average Bonchev–Trinajstić information content (AvgIpc) is 2.82. The molecule has 1 aromatic heterocycles. The molecule has 5 nitrogen and oxygen atoms in total. The van der Waals surface area contributed by atoms with E-state index >= 15 is 0 Å². The van der Waals surface area contributed by atoms with E-state index in [0.29, 0.717) is 12.2 Å². The summed E-state index contributed by atoms with van der Waals surface area (Å²) >= 11 is 0. The van der Waals surface area contributed by atoms with Crippen LogP contribution in [0, 0.1) is 0 Å².